The molecule has 16 heavy (non-hydrogen) atoms. The molecule has 3 nitrogen and oxygen atoms in total. The first-order valence-corrected chi connectivity index (χ1v) is 6.44. The summed E-state index contributed by atoms with van der Waals surface area (Å²) in [7, 11) is 0. The molecule has 1 N–H and O–H groups in total. The van der Waals surface area contributed by atoms with E-state index in [1.807, 2.05) is 6.92 Å². The predicted molar refractivity (Wildman–Crippen MR) is 65.1 cm³/mol. The van der Waals surface area contributed by atoms with E-state index < -0.39 is 0 Å². The third-order valence-electron chi connectivity index (χ3n) is 3.03. The van der Waals surface area contributed by atoms with Gasteiger partial charge in [-0.05, 0) is 51.5 Å². The van der Waals surface area contributed by atoms with Gasteiger partial charge in [-0.1, -0.05) is 6.92 Å². The van der Waals surface area contributed by atoms with Gasteiger partial charge in [0.15, 0.2) is 0 Å². The van der Waals surface area contributed by atoms with Crippen molar-refractivity contribution in [1.29, 1.82) is 5.26 Å². The first-order chi connectivity index (χ1) is 7.70. The van der Waals surface area contributed by atoms with Gasteiger partial charge in [-0.15, -0.1) is 0 Å². The summed E-state index contributed by atoms with van der Waals surface area (Å²) in [5.41, 5.74) is -0.376. The number of nitriles is 1. The number of hydrogen-bond donors (Lipinski definition) is 1. The molecule has 1 unspecified atom stereocenters. The van der Waals surface area contributed by atoms with Gasteiger partial charge in [0.25, 0.3) is 0 Å². The Bertz CT molecular complexity index is 233. The summed E-state index contributed by atoms with van der Waals surface area (Å²) in [6, 6.07) is 2.36. The molecule has 0 radical (unpaired) electrons. The minimum absolute atomic E-state index is 0.376. The lowest BCUT2D eigenvalue weighted by Gasteiger charge is -2.22. The molecule has 0 aliphatic heterocycles. The Balaban J connectivity index is 2.04. The lowest BCUT2D eigenvalue weighted by molar-refractivity contribution is 0.117. The summed E-state index contributed by atoms with van der Waals surface area (Å²) >= 11 is 0. The molecule has 1 fully saturated rings. The number of nitrogens with one attached hydrogen (secondary N) is 1. The topological polar surface area (TPSA) is 45.0 Å². The van der Waals surface area contributed by atoms with Crippen LogP contribution in [0.15, 0.2) is 0 Å². The van der Waals surface area contributed by atoms with Gasteiger partial charge in [-0.25, -0.2) is 0 Å². The normalized spacial score (nSPS) is 19.1. The molecular formula is C13H24N2O. The van der Waals surface area contributed by atoms with E-state index in [0.29, 0.717) is 0 Å². The minimum atomic E-state index is -0.376. The maximum Gasteiger partial charge on any atom is 0.104 e. The standard InChI is InChI=1S/C13H24N2O/c1-3-8-15-13(2,11-14)7-4-9-16-10-12-5-6-12/h12,15H,3-10H2,1-2H3. The van der Waals surface area contributed by atoms with E-state index in [9.17, 15) is 0 Å². The van der Waals surface area contributed by atoms with Gasteiger partial charge in [0.1, 0.15) is 5.54 Å². The molecule has 0 spiro atoms. The first-order valence-electron chi connectivity index (χ1n) is 6.44. The molecule has 0 heterocycles. The van der Waals surface area contributed by atoms with Crippen molar-refractivity contribution in [2.45, 2.75) is 51.5 Å². The van der Waals surface area contributed by atoms with Crippen molar-refractivity contribution in [3.05, 3.63) is 0 Å². The second-order valence-corrected chi connectivity index (χ2v) is 4.99. The molecule has 0 saturated heterocycles. The Hall–Kier alpha value is -0.590. The van der Waals surface area contributed by atoms with Gasteiger partial charge in [0, 0.05) is 13.2 Å². The Morgan fingerprint density at radius 3 is 2.81 bits per heavy atom. The largest absolute Gasteiger partial charge is 0.381 e. The Morgan fingerprint density at radius 2 is 2.25 bits per heavy atom. The van der Waals surface area contributed by atoms with Crippen LogP contribution < -0.4 is 5.32 Å². The molecule has 1 saturated carbocycles. The van der Waals surface area contributed by atoms with Crippen molar-refractivity contribution in [2.24, 2.45) is 5.92 Å². The van der Waals surface area contributed by atoms with Crippen LogP contribution in [-0.4, -0.2) is 25.3 Å². The third kappa shape index (κ3) is 5.48. The molecule has 0 amide bonds. The van der Waals surface area contributed by atoms with Crippen LogP contribution in [0.4, 0.5) is 0 Å². The maximum atomic E-state index is 9.11. The van der Waals surface area contributed by atoms with E-state index in [2.05, 4.69) is 18.3 Å². The average Bonchev–Trinajstić information content (AvgIpc) is 3.10. The smallest absolute Gasteiger partial charge is 0.104 e. The van der Waals surface area contributed by atoms with Crippen molar-refractivity contribution >= 4 is 0 Å². The first kappa shape index (κ1) is 13.5. The molecule has 0 bridgehead atoms. The van der Waals surface area contributed by atoms with Crippen LogP contribution in [-0.2, 0) is 4.74 Å². The van der Waals surface area contributed by atoms with Crippen LogP contribution in [0.2, 0.25) is 0 Å². The van der Waals surface area contributed by atoms with Crippen molar-refractivity contribution in [1.82, 2.24) is 5.32 Å². The fourth-order valence-electron chi connectivity index (χ4n) is 1.65. The van der Waals surface area contributed by atoms with E-state index in [0.717, 1.165) is 44.9 Å². The van der Waals surface area contributed by atoms with Gasteiger partial charge >= 0.3 is 0 Å². The molecule has 1 atom stereocenters. The van der Waals surface area contributed by atoms with Crippen molar-refractivity contribution in [3.8, 4) is 6.07 Å². The van der Waals surface area contributed by atoms with Crippen molar-refractivity contribution in [2.75, 3.05) is 19.8 Å². The van der Waals surface area contributed by atoms with Crippen LogP contribution in [0.5, 0.6) is 0 Å². The molecule has 1 aliphatic rings. The van der Waals surface area contributed by atoms with Gasteiger partial charge in [0.2, 0.25) is 0 Å². The number of ether oxygens (including phenoxy) is 1. The Morgan fingerprint density at radius 1 is 1.50 bits per heavy atom. The number of hydrogen-bond acceptors (Lipinski definition) is 3. The van der Waals surface area contributed by atoms with E-state index >= 15 is 0 Å². The highest BCUT2D eigenvalue weighted by atomic mass is 16.5. The second kappa shape index (κ2) is 6.88. The van der Waals surface area contributed by atoms with Crippen molar-refractivity contribution < 1.29 is 4.74 Å². The summed E-state index contributed by atoms with van der Waals surface area (Å²) < 4.78 is 5.56. The van der Waals surface area contributed by atoms with E-state index in [1.54, 1.807) is 0 Å². The molecule has 92 valence electrons. The van der Waals surface area contributed by atoms with Gasteiger partial charge in [-0.2, -0.15) is 5.26 Å². The lowest BCUT2D eigenvalue weighted by Crippen LogP contribution is -2.41. The Kier molecular flexibility index (Phi) is 5.79. The highest BCUT2D eigenvalue weighted by Gasteiger charge is 2.23. The molecule has 3 heteroatoms. The molecule has 0 aromatic carbocycles. The van der Waals surface area contributed by atoms with Crippen LogP contribution in [0.25, 0.3) is 0 Å². The Labute approximate surface area is 99.2 Å². The van der Waals surface area contributed by atoms with Crippen LogP contribution in [0.1, 0.15) is 46.0 Å². The number of rotatable bonds is 9. The van der Waals surface area contributed by atoms with Crippen LogP contribution in [0.3, 0.4) is 0 Å². The van der Waals surface area contributed by atoms with Gasteiger partial charge in [0.05, 0.1) is 6.07 Å². The SMILES string of the molecule is CCCNC(C)(C#N)CCCOCC1CC1. The summed E-state index contributed by atoms with van der Waals surface area (Å²) in [6.07, 6.45) is 5.58. The lowest BCUT2D eigenvalue weighted by atomic mass is 9.98. The molecule has 0 aromatic heterocycles. The zero-order chi connectivity index (χ0) is 11.9. The highest BCUT2D eigenvalue weighted by molar-refractivity contribution is 5.03. The molecular weight excluding hydrogens is 200 g/mol. The molecule has 0 aromatic rings. The monoisotopic (exact) mass is 224 g/mol. The van der Waals surface area contributed by atoms with E-state index in [1.165, 1.54) is 12.8 Å². The summed E-state index contributed by atoms with van der Waals surface area (Å²) in [5.74, 6) is 0.834. The summed E-state index contributed by atoms with van der Waals surface area (Å²) in [4.78, 5) is 0. The third-order valence-corrected chi connectivity index (χ3v) is 3.03. The number of nitrogens with zero attached hydrogens (tertiary/aromatic N) is 1. The van der Waals surface area contributed by atoms with Gasteiger partial charge in [-0.3, -0.25) is 5.32 Å². The average molecular weight is 224 g/mol. The van der Waals surface area contributed by atoms with Crippen LogP contribution in [0, 0.1) is 17.2 Å². The second-order valence-electron chi connectivity index (χ2n) is 4.99. The summed E-state index contributed by atoms with van der Waals surface area (Å²) in [5, 5.41) is 12.4. The van der Waals surface area contributed by atoms with E-state index in [4.69, 9.17) is 10.00 Å². The molecule has 1 rings (SSSR count). The minimum Gasteiger partial charge on any atom is -0.381 e. The quantitative estimate of drug-likeness (QED) is 0.612. The van der Waals surface area contributed by atoms with E-state index in [-0.39, 0.29) is 5.54 Å². The van der Waals surface area contributed by atoms with Crippen LogP contribution >= 0.6 is 0 Å². The maximum absolute atomic E-state index is 9.11. The highest BCUT2D eigenvalue weighted by Crippen LogP contribution is 2.28. The zero-order valence-corrected chi connectivity index (χ0v) is 10.6. The van der Waals surface area contributed by atoms with Crippen molar-refractivity contribution in [3.63, 3.8) is 0 Å². The van der Waals surface area contributed by atoms with Gasteiger partial charge < -0.3 is 4.74 Å². The summed E-state index contributed by atoms with van der Waals surface area (Å²) in [6.45, 7) is 6.72. The fraction of sp³-hybridized carbons (Fsp3) is 0.923. The molecule has 1 aliphatic carbocycles. The predicted octanol–water partition coefficient (Wildman–Crippen LogP) is 2.48. The fourth-order valence-corrected chi connectivity index (χ4v) is 1.65. The zero-order valence-electron chi connectivity index (χ0n) is 10.6.